The van der Waals surface area contributed by atoms with Crippen molar-refractivity contribution in [3.63, 3.8) is 0 Å². The summed E-state index contributed by atoms with van der Waals surface area (Å²) < 4.78 is 5.45. The molecular formula is C21H23N3O2. The van der Waals surface area contributed by atoms with Crippen molar-refractivity contribution in [2.24, 2.45) is 0 Å². The molecule has 0 bridgehead atoms. The number of hydrogen-bond donors (Lipinski definition) is 1. The summed E-state index contributed by atoms with van der Waals surface area (Å²) in [7, 11) is 0. The monoisotopic (exact) mass is 349 g/mol. The molecule has 0 radical (unpaired) electrons. The fourth-order valence-electron chi connectivity index (χ4n) is 3.64. The van der Waals surface area contributed by atoms with Crippen LogP contribution < -0.4 is 0 Å². The minimum Gasteiger partial charge on any atom is -0.388 e. The SMILES string of the molecule is OC(CC1CCCN1Cc1nc(-c2ccccc2)no1)c1ccccc1. The lowest BCUT2D eigenvalue weighted by Gasteiger charge is -2.25. The van der Waals surface area contributed by atoms with Crippen molar-refractivity contribution < 1.29 is 9.63 Å². The molecular weight excluding hydrogens is 326 g/mol. The maximum absolute atomic E-state index is 10.5. The van der Waals surface area contributed by atoms with Crippen molar-refractivity contribution in [2.45, 2.75) is 38.0 Å². The first-order valence-electron chi connectivity index (χ1n) is 9.14. The molecule has 0 aliphatic carbocycles. The first-order valence-corrected chi connectivity index (χ1v) is 9.14. The molecule has 0 saturated carbocycles. The highest BCUT2D eigenvalue weighted by atomic mass is 16.5. The third-order valence-electron chi connectivity index (χ3n) is 5.02. The Kier molecular flexibility index (Phi) is 5.09. The summed E-state index contributed by atoms with van der Waals surface area (Å²) in [5.74, 6) is 1.26. The molecule has 1 saturated heterocycles. The largest absolute Gasteiger partial charge is 0.388 e. The van der Waals surface area contributed by atoms with Crippen LogP contribution in [-0.4, -0.2) is 32.7 Å². The molecule has 5 nitrogen and oxygen atoms in total. The smallest absolute Gasteiger partial charge is 0.241 e. The van der Waals surface area contributed by atoms with E-state index in [2.05, 4.69) is 15.0 Å². The molecule has 1 aliphatic heterocycles. The number of nitrogens with zero attached hydrogens (tertiary/aromatic N) is 3. The maximum Gasteiger partial charge on any atom is 0.241 e. The van der Waals surface area contributed by atoms with Crippen LogP contribution in [0, 0.1) is 0 Å². The van der Waals surface area contributed by atoms with Crippen LogP contribution in [0.4, 0.5) is 0 Å². The summed E-state index contributed by atoms with van der Waals surface area (Å²) in [5, 5.41) is 14.6. The van der Waals surface area contributed by atoms with Crippen LogP contribution in [0.2, 0.25) is 0 Å². The second-order valence-electron chi connectivity index (χ2n) is 6.81. The van der Waals surface area contributed by atoms with Gasteiger partial charge in [-0.25, -0.2) is 0 Å². The lowest BCUT2D eigenvalue weighted by atomic mass is 10.0. The van der Waals surface area contributed by atoms with E-state index in [9.17, 15) is 5.11 Å². The highest BCUT2D eigenvalue weighted by Crippen LogP contribution is 2.28. The van der Waals surface area contributed by atoms with Crippen LogP contribution in [0.1, 0.15) is 36.8 Å². The Labute approximate surface area is 153 Å². The third-order valence-corrected chi connectivity index (χ3v) is 5.02. The number of aliphatic hydroxyl groups is 1. The number of aliphatic hydroxyl groups excluding tert-OH is 1. The van der Waals surface area contributed by atoms with E-state index in [1.807, 2.05) is 60.7 Å². The zero-order valence-corrected chi connectivity index (χ0v) is 14.7. The van der Waals surface area contributed by atoms with E-state index in [-0.39, 0.29) is 0 Å². The second kappa shape index (κ2) is 7.81. The van der Waals surface area contributed by atoms with Gasteiger partial charge in [0.05, 0.1) is 12.6 Å². The predicted molar refractivity (Wildman–Crippen MR) is 99.2 cm³/mol. The van der Waals surface area contributed by atoms with E-state index in [4.69, 9.17) is 4.52 Å². The molecule has 2 aromatic carbocycles. The third kappa shape index (κ3) is 3.84. The minimum absolute atomic E-state index is 0.331. The summed E-state index contributed by atoms with van der Waals surface area (Å²) in [6.45, 7) is 1.63. The molecule has 3 aromatic rings. The number of hydrogen-bond acceptors (Lipinski definition) is 5. The van der Waals surface area contributed by atoms with Crippen LogP contribution in [0.5, 0.6) is 0 Å². The summed E-state index contributed by atoms with van der Waals surface area (Å²) in [6, 6.07) is 20.0. The van der Waals surface area contributed by atoms with Crippen molar-refractivity contribution in [2.75, 3.05) is 6.54 Å². The molecule has 1 aromatic heterocycles. The lowest BCUT2D eigenvalue weighted by Crippen LogP contribution is -2.30. The molecule has 1 aliphatic rings. The van der Waals surface area contributed by atoms with Gasteiger partial charge in [0.25, 0.3) is 0 Å². The highest BCUT2D eigenvalue weighted by Gasteiger charge is 2.28. The maximum atomic E-state index is 10.5. The second-order valence-corrected chi connectivity index (χ2v) is 6.81. The Morgan fingerprint density at radius 3 is 2.58 bits per heavy atom. The van der Waals surface area contributed by atoms with Gasteiger partial charge in [-0.1, -0.05) is 65.8 Å². The van der Waals surface area contributed by atoms with E-state index in [0.717, 1.165) is 36.9 Å². The zero-order valence-electron chi connectivity index (χ0n) is 14.7. The number of benzene rings is 2. The summed E-state index contributed by atoms with van der Waals surface area (Å²) in [6.07, 6.45) is 2.50. The Bertz CT molecular complexity index is 820. The Morgan fingerprint density at radius 1 is 1.08 bits per heavy atom. The lowest BCUT2D eigenvalue weighted by molar-refractivity contribution is 0.112. The quantitative estimate of drug-likeness (QED) is 0.733. The number of likely N-dealkylation sites (tertiary alicyclic amines) is 1. The van der Waals surface area contributed by atoms with Crippen molar-refractivity contribution in [1.82, 2.24) is 15.0 Å². The van der Waals surface area contributed by atoms with E-state index >= 15 is 0 Å². The first-order chi connectivity index (χ1) is 12.8. The average molecular weight is 349 g/mol. The van der Waals surface area contributed by atoms with Gasteiger partial charge in [-0.2, -0.15) is 4.98 Å². The summed E-state index contributed by atoms with van der Waals surface area (Å²) in [4.78, 5) is 6.88. The highest BCUT2D eigenvalue weighted by molar-refractivity contribution is 5.53. The first kappa shape index (κ1) is 16.9. The topological polar surface area (TPSA) is 62.4 Å². The molecule has 26 heavy (non-hydrogen) atoms. The van der Waals surface area contributed by atoms with E-state index in [1.165, 1.54) is 0 Å². The van der Waals surface area contributed by atoms with Crippen molar-refractivity contribution >= 4 is 0 Å². The van der Waals surface area contributed by atoms with E-state index < -0.39 is 6.10 Å². The minimum atomic E-state index is -0.440. The van der Waals surface area contributed by atoms with Gasteiger partial charge in [0, 0.05) is 11.6 Å². The summed E-state index contributed by atoms with van der Waals surface area (Å²) in [5.41, 5.74) is 1.93. The van der Waals surface area contributed by atoms with Gasteiger partial charge in [0.15, 0.2) is 0 Å². The van der Waals surface area contributed by atoms with Crippen molar-refractivity contribution in [1.29, 1.82) is 0 Å². The van der Waals surface area contributed by atoms with Crippen LogP contribution in [-0.2, 0) is 6.54 Å². The Hall–Kier alpha value is -2.50. The van der Waals surface area contributed by atoms with Crippen LogP contribution in [0.15, 0.2) is 65.2 Å². The molecule has 134 valence electrons. The van der Waals surface area contributed by atoms with Gasteiger partial charge >= 0.3 is 0 Å². The van der Waals surface area contributed by atoms with Crippen LogP contribution in [0.25, 0.3) is 11.4 Å². The molecule has 1 fully saturated rings. The Balaban J connectivity index is 1.40. The average Bonchev–Trinajstić information content (AvgIpc) is 3.33. The van der Waals surface area contributed by atoms with E-state index in [1.54, 1.807) is 0 Å². The van der Waals surface area contributed by atoms with Crippen LogP contribution >= 0.6 is 0 Å². The summed E-state index contributed by atoms with van der Waals surface area (Å²) >= 11 is 0. The van der Waals surface area contributed by atoms with Gasteiger partial charge in [-0.3, -0.25) is 4.90 Å². The normalized spacial score (nSPS) is 18.9. The molecule has 4 rings (SSSR count). The van der Waals surface area contributed by atoms with Gasteiger partial charge in [0.2, 0.25) is 11.7 Å². The van der Waals surface area contributed by atoms with Crippen molar-refractivity contribution in [3.05, 3.63) is 72.1 Å². The van der Waals surface area contributed by atoms with Crippen LogP contribution in [0.3, 0.4) is 0 Å². The zero-order chi connectivity index (χ0) is 17.8. The molecule has 0 amide bonds. The predicted octanol–water partition coefficient (Wildman–Crippen LogP) is 3.82. The van der Waals surface area contributed by atoms with Gasteiger partial charge < -0.3 is 9.63 Å². The van der Waals surface area contributed by atoms with Gasteiger partial charge in [-0.05, 0) is 31.4 Å². The fourth-order valence-corrected chi connectivity index (χ4v) is 3.64. The molecule has 2 heterocycles. The number of aromatic nitrogens is 2. The molecule has 2 unspecified atom stereocenters. The molecule has 0 spiro atoms. The van der Waals surface area contributed by atoms with Gasteiger partial charge in [-0.15, -0.1) is 0 Å². The standard InChI is InChI=1S/C21H23N3O2/c25-19(16-8-3-1-4-9-16)14-18-12-7-13-24(18)15-20-22-21(23-26-20)17-10-5-2-6-11-17/h1-6,8-11,18-19,25H,7,12-15H2. The van der Waals surface area contributed by atoms with E-state index in [0.29, 0.717) is 24.3 Å². The van der Waals surface area contributed by atoms with Gasteiger partial charge in [0.1, 0.15) is 0 Å². The van der Waals surface area contributed by atoms with Crippen molar-refractivity contribution in [3.8, 4) is 11.4 Å². The number of rotatable bonds is 6. The fraction of sp³-hybridized carbons (Fsp3) is 0.333. The molecule has 1 N–H and O–H groups in total. The molecule has 5 heteroatoms. The molecule has 2 atom stereocenters. The Morgan fingerprint density at radius 2 is 1.81 bits per heavy atom.